The normalized spacial score (nSPS) is 19.2. The van der Waals surface area contributed by atoms with Gasteiger partial charge in [-0.1, -0.05) is 23.7 Å². The fourth-order valence-corrected chi connectivity index (χ4v) is 5.18. The summed E-state index contributed by atoms with van der Waals surface area (Å²) >= 11 is 3.37. The second kappa shape index (κ2) is 12.0. The summed E-state index contributed by atoms with van der Waals surface area (Å²) < 4.78 is 64.0. The summed E-state index contributed by atoms with van der Waals surface area (Å²) in [5, 5.41) is -0.0537. The first-order valence-corrected chi connectivity index (χ1v) is 12.9. The summed E-state index contributed by atoms with van der Waals surface area (Å²) in [5.41, 5.74) is 0.804. The van der Waals surface area contributed by atoms with Crippen LogP contribution in [0.15, 0.2) is 36.4 Å². The van der Waals surface area contributed by atoms with Gasteiger partial charge in [0.05, 0.1) is 37.0 Å². The van der Waals surface area contributed by atoms with Gasteiger partial charge in [-0.15, -0.1) is 0 Å². The van der Waals surface area contributed by atoms with E-state index in [9.17, 15) is 22.3 Å². The Morgan fingerprint density at radius 1 is 1.19 bits per heavy atom. The number of carbonyl (C=O) groups is 1. The van der Waals surface area contributed by atoms with E-state index in [0.717, 1.165) is 23.5 Å². The van der Waals surface area contributed by atoms with Crippen LogP contribution in [-0.4, -0.2) is 87.9 Å². The molecular weight excluding hydrogens is 516 g/mol. The first-order chi connectivity index (χ1) is 17.3. The SMILES string of the molecule is COC(=O)c1ccc(CN(CC(c2ccc(F)c(Cl)c2)N2CCN(C3COC3)CC2)S(=O)[O-])c(F)c1. The molecule has 2 aromatic carbocycles. The van der Waals surface area contributed by atoms with Crippen molar-refractivity contribution in [1.29, 1.82) is 0 Å². The van der Waals surface area contributed by atoms with Gasteiger partial charge in [-0.05, 0) is 29.8 Å². The highest BCUT2D eigenvalue weighted by Crippen LogP contribution is 2.29. The van der Waals surface area contributed by atoms with Crippen LogP contribution >= 0.6 is 11.6 Å². The van der Waals surface area contributed by atoms with Crippen molar-refractivity contribution in [3.8, 4) is 0 Å². The van der Waals surface area contributed by atoms with Crippen molar-refractivity contribution in [2.24, 2.45) is 0 Å². The molecule has 0 spiro atoms. The van der Waals surface area contributed by atoms with Gasteiger partial charge in [-0.3, -0.25) is 14.0 Å². The van der Waals surface area contributed by atoms with Gasteiger partial charge in [0, 0.05) is 62.1 Å². The molecule has 2 aromatic rings. The van der Waals surface area contributed by atoms with Gasteiger partial charge in [-0.2, -0.15) is 0 Å². The summed E-state index contributed by atoms with van der Waals surface area (Å²) in [6.07, 6.45) is 0. The number of methoxy groups -OCH3 is 1. The molecule has 0 amide bonds. The van der Waals surface area contributed by atoms with Crippen LogP contribution in [0.4, 0.5) is 8.78 Å². The third-order valence-electron chi connectivity index (χ3n) is 6.66. The summed E-state index contributed by atoms with van der Waals surface area (Å²) in [4.78, 5) is 16.2. The molecule has 2 unspecified atom stereocenters. The maximum Gasteiger partial charge on any atom is 0.337 e. The van der Waals surface area contributed by atoms with E-state index in [4.69, 9.17) is 16.3 Å². The summed E-state index contributed by atoms with van der Waals surface area (Å²) in [6.45, 7) is 4.07. The minimum Gasteiger partial charge on any atom is -0.760 e. The second-order valence-electron chi connectivity index (χ2n) is 8.79. The molecule has 0 bridgehead atoms. The van der Waals surface area contributed by atoms with Crippen molar-refractivity contribution in [3.63, 3.8) is 0 Å². The Morgan fingerprint density at radius 3 is 2.47 bits per heavy atom. The molecule has 8 nitrogen and oxygen atoms in total. The number of esters is 1. The van der Waals surface area contributed by atoms with Gasteiger partial charge in [0.25, 0.3) is 0 Å². The third kappa shape index (κ3) is 6.28. The van der Waals surface area contributed by atoms with Gasteiger partial charge >= 0.3 is 5.97 Å². The number of carbonyl (C=O) groups excluding carboxylic acids is 1. The fraction of sp³-hybridized carbons (Fsp3) is 0.458. The predicted molar refractivity (Wildman–Crippen MR) is 129 cm³/mol. The molecule has 2 saturated heterocycles. The Balaban J connectivity index is 1.55. The zero-order valence-corrected chi connectivity index (χ0v) is 21.3. The summed E-state index contributed by atoms with van der Waals surface area (Å²) in [7, 11) is 1.19. The van der Waals surface area contributed by atoms with E-state index in [1.54, 1.807) is 6.07 Å². The zero-order chi connectivity index (χ0) is 25.8. The lowest BCUT2D eigenvalue weighted by atomic mass is 10.0. The van der Waals surface area contributed by atoms with Crippen LogP contribution in [0, 0.1) is 11.6 Å². The molecule has 196 valence electrons. The molecule has 12 heteroatoms. The number of hydrogen-bond acceptors (Lipinski definition) is 7. The maximum atomic E-state index is 14.7. The number of hydrogen-bond donors (Lipinski definition) is 0. The average Bonchev–Trinajstić information content (AvgIpc) is 2.83. The van der Waals surface area contributed by atoms with Crippen LogP contribution in [0.1, 0.15) is 27.5 Å². The Bertz CT molecular complexity index is 1120. The highest BCUT2D eigenvalue weighted by molar-refractivity contribution is 7.76. The van der Waals surface area contributed by atoms with Gasteiger partial charge in [0.2, 0.25) is 0 Å². The van der Waals surface area contributed by atoms with E-state index in [0.29, 0.717) is 37.9 Å². The lowest BCUT2D eigenvalue weighted by molar-refractivity contribution is -0.0803. The predicted octanol–water partition coefficient (Wildman–Crippen LogP) is 2.76. The minimum absolute atomic E-state index is 0.00278. The van der Waals surface area contributed by atoms with Gasteiger partial charge in [0.1, 0.15) is 11.6 Å². The quantitative estimate of drug-likeness (QED) is 0.356. The Hall–Kier alpha value is -1.99. The molecule has 0 aliphatic carbocycles. The Labute approximate surface area is 216 Å². The molecule has 36 heavy (non-hydrogen) atoms. The Kier molecular flexibility index (Phi) is 9.05. The van der Waals surface area contributed by atoms with Crippen LogP contribution in [0.5, 0.6) is 0 Å². The summed E-state index contributed by atoms with van der Waals surface area (Å²) in [5.74, 6) is -1.97. The van der Waals surface area contributed by atoms with Crippen LogP contribution in [0.2, 0.25) is 5.02 Å². The van der Waals surface area contributed by atoms with Crippen LogP contribution in [-0.2, 0) is 27.3 Å². The number of rotatable bonds is 9. The largest absolute Gasteiger partial charge is 0.760 e. The third-order valence-corrected chi connectivity index (χ3v) is 7.65. The molecule has 2 fully saturated rings. The second-order valence-corrected chi connectivity index (χ2v) is 10.1. The van der Waals surface area contributed by atoms with Crippen molar-refractivity contribution in [1.82, 2.24) is 14.1 Å². The molecule has 2 aliphatic heterocycles. The van der Waals surface area contributed by atoms with E-state index in [2.05, 4.69) is 14.5 Å². The number of nitrogens with zero attached hydrogens (tertiary/aromatic N) is 3. The van der Waals surface area contributed by atoms with E-state index >= 15 is 0 Å². The van der Waals surface area contributed by atoms with Crippen molar-refractivity contribution >= 4 is 28.8 Å². The van der Waals surface area contributed by atoms with Crippen molar-refractivity contribution in [3.05, 3.63) is 69.7 Å². The zero-order valence-electron chi connectivity index (χ0n) is 19.7. The van der Waals surface area contributed by atoms with Crippen molar-refractivity contribution in [2.75, 3.05) is 53.0 Å². The van der Waals surface area contributed by atoms with Gasteiger partial charge in [-0.25, -0.2) is 17.9 Å². The number of ether oxygens (including phenoxy) is 2. The first kappa shape index (κ1) is 27.1. The van der Waals surface area contributed by atoms with Gasteiger partial charge in [0.15, 0.2) is 0 Å². The number of piperazine rings is 1. The fourth-order valence-electron chi connectivity index (χ4n) is 4.48. The van der Waals surface area contributed by atoms with Crippen LogP contribution < -0.4 is 0 Å². The molecule has 2 atom stereocenters. The number of halogens is 3. The number of benzene rings is 2. The molecule has 0 N–H and O–H groups in total. The van der Waals surface area contributed by atoms with Crippen LogP contribution in [0.3, 0.4) is 0 Å². The van der Waals surface area contributed by atoms with E-state index in [1.165, 1.54) is 31.4 Å². The maximum absolute atomic E-state index is 14.7. The molecule has 0 saturated carbocycles. The topological polar surface area (TPSA) is 85.4 Å². The molecule has 0 aromatic heterocycles. The molecule has 4 rings (SSSR count). The Morgan fingerprint density at radius 2 is 1.92 bits per heavy atom. The molecule has 0 radical (unpaired) electrons. The smallest absolute Gasteiger partial charge is 0.337 e. The lowest BCUT2D eigenvalue weighted by Crippen LogP contribution is -2.57. The van der Waals surface area contributed by atoms with Gasteiger partial charge < -0.3 is 14.0 Å². The van der Waals surface area contributed by atoms with E-state index < -0.39 is 34.9 Å². The monoisotopic (exact) mass is 542 g/mol. The first-order valence-electron chi connectivity index (χ1n) is 11.5. The molecule has 2 aliphatic rings. The average molecular weight is 543 g/mol. The molecule has 2 heterocycles. The van der Waals surface area contributed by atoms with Crippen molar-refractivity contribution in [2.45, 2.75) is 18.6 Å². The standard InChI is InChI=1S/C24H28ClF2N3O5S/c1-34-24(31)17-2-3-18(22(27)11-17)12-30(36(32)33)13-23(16-4-5-21(26)20(25)10-16)29-8-6-28(7-9-29)19-14-35-15-19/h2-5,10-11,19,23H,6-9,12-15H2,1H3,(H,32,33)/p-1. The summed E-state index contributed by atoms with van der Waals surface area (Å²) in [6, 6.07) is 8.09. The molecular formula is C24H27ClF2N3O5S-. The van der Waals surface area contributed by atoms with Crippen LogP contribution in [0.25, 0.3) is 0 Å². The van der Waals surface area contributed by atoms with E-state index in [1.807, 2.05) is 0 Å². The van der Waals surface area contributed by atoms with Crippen molar-refractivity contribution < 1.29 is 31.8 Å². The highest BCUT2D eigenvalue weighted by atomic mass is 35.5. The highest BCUT2D eigenvalue weighted by Gasteiger charge is 2.32. The lowest BCUT2D eigenvalue weighted by Gasteiger charge is -2.45. The minimum atomic E-state index is -2.68. The van der Waals surface area contributed by atoms with E-state index in [-0.39, 0.29) is 29.2 Å².